The summed E-state index contributed by atoms with van der Waals surface area (Å²) in [5, 5.41) is 3.29. The minimum Gasteiger partial charge on any atom is -0.497 e. The lowest BCUT2D eigenvalue weighted by atomic mass is 9.99. The van der Waals surface area contributed by atoms with Gasteiger partial charge in [-0.2, -0.15) is 0 Å². The fourth-order valence-corrected chi connectivity index (χ4v) is 2.05. The number of carbonyl (C=O) groups is 1. The maximum Gasteiger partial charge on any atom is 0.338 e. The highest BCUT2D eigenvalue weighted by Crippen LogP contribution is 2.15. The van der Waals surface area contributed by atoms with Crippen molar-refractivity contribution in [3.8, 4) is 5.75 Å². The summed E-state index contributed by atoms with van der Waals surface area (Å²) in [4.78, 5) is 11.8. The lowest BCUT2D eigenvalue weighted by Gasteiger charge is -2.22. The topological polar surface area (TPSA) is 47.6 Å². The van der Waals surface area contributed by atoms with Crippen molar-refractivity contribution in [1.82, 2.24) is 5.32 Å². The van der Waals surface area contributed by atoms with Crippen LogP contribution in [0.1, 0.15) is 23.2 Å². The molecule has 1 aliphatic rings. The Bertz CT molecular complexity index is 383. The second-order valence-electron chi connectivity index (χ2n) is 4.52. The SMILES string of the molecule is COc1ccc(C(=O)OCC2CCNCC2)cc1. The largest absolute Gasteiger partial charge is 0.497 e. The molecule has 4 heteroatoms. The fourth-order valence-electron chi connectivity index (χ4n) is 2.05. The quantitative estimate of drug-likeness (QED) is 0.827. The van der Waals surface area contributed by atoms with E-state index in [0.717, 1.165) is 31.7 Å². The van der Waals surface area contributed by atoms with E-state index in [2.05, 4.69) is 5.32 Å². The number of piperidine rings is 1. The first kappa shape index (κ1) is 12.9. The third-order valence-corrected chi connectivity index (χ3v) is 3.23. The second-order valence-corrected chi connectivity index (χ2v) is 4.52. The Balaban J connectivity index is 1.82. The Kier molecular flexibility index (Phi) is 4.59. The molecular weight excluding hydrogens is 230 g/mol. The maximum atomic E-state index is 11.8. The summed E-state index contributed by atoms with van der Waals surface area (Å²) < 4.78 is 10.4. The lowest BCUT2D eigenvalue weighted by Crippen LogP contribution is -2.30. The summed E-state index contributed by atoms with van der Waals surface area (Å²) in [7, 11) is 1.60. The van der Waals surface area contributed by atoms with Gasteiger partial charge in [-0.3, -0.25) is 0 Å². The number of ether oxygens (including phenoxy) is 2. The zero-order valence-corrected chi connectivity index (χ0v) is 10.6. The van der Waals surface area contributed by atoms with E-state index < -0.39 is 0 Å². The van der Waals surface area contributed by atoms with Crippen LogP contribution < -0.4 is 10.1 Å². The molecule has 1 aliphatic heterocycles. The van der Waals surface area contributed by atoms with Gasteiger partial charge in [0.25, 0.3) is 0 Å². The molecule has 4 nitrogen and oxygen atoms in total. The van der Waals surface area contributed by atoms with Crippen molar-refractivity contribution in [2.24, 2.45) is 5.92 Å². The monoisotopic (exact) mass is 249 g/mol. The molecule has 0 unspecified atom stereocenters. The molecule has 2 rings (SSSR count). The van der Waals surface area contributed by atoms with Crippen LogP contribution in [-0.2, 0) is 4.74 Å². The van der Waals surface area contributed by atoms with Crippen LogP contribution in [0, 0.1) is 5.92 Å². The Hall–Kier alpha value is -1.55. The molecule has 0 saturated carbocycles. The number of esters is 1. The summed E-state index contributed by atoms with van der Waals surface area (Å²) in [5.74, 6) is 0.981. The summed E-state index contributed by atoms with van der Waals surface area (Å²) in [6.45, 7) is 2.56. The van der Waals surface area contributed by atoms with Crippen molar-refractivity contribution in [3.63, 3.8) is 0 Å². The first-order valence-electron chi connectivity index (χ1n) is 6.31. The number of rotatable bonds is 4. The lowest BCUT2D eigenvalue weighted by molar-refractivity contribution is 0.0416. The number of hydrogen-bond acceptors (Lipinski definition) is 4. The molecular formula is C14H19NO3. The third-order valence-electron chi connectivity index (χ3n) is 3.23. The van der Waals surface area contributed by atoms with Gasteiger partial charge in [0, 0.05) is 0 Å². The van der Waals surface area contributed by atoms with Crippen LogP contribution >= 0.6 is 0 Å². The summed E-state index contributed by atoms with van der Waals surface area (Å²) >= 11 is 0. The zero-order valence-electron chi connectivity index (χ0n) is 10.6. The molecule has 1 aromatic carbocycles. The van der Waals surface area contributed by atoms with Gasteiger partial charge in [-0.05, 0) is 56.1 Å². The summed E-state index contributed by atoms with van der Waals surface area (Å²) in [5.41, 5.74) is 0.574. The van der Waals surface area contributed by atoms with Gasteiger partial charge in [-0.15, -0.1) is 0 Å². The van der Waals surface area contributed by atoms with Gasteiger partial charge in [-0.1, -0.05) is 0 Å². The molecule has 1 fully saturated rings. The van der Waals surface area contributed by atoms with Crippen LogP contribution in [0.3, 0.4) is 0 Å². The van der Waals surface area contributed by atoms with Crippen LogP contribution in [0.25, 0.3) is 0 Å². The molecule has 0 aromatic heterocycles. The van der Waals surface area contributed by atoms with E-state index in [1.54, 1.807) is 31.4 Å². The van der Waals surface area contributed by atoms with Crippen LogP contribution in [-0.4, -0.2) is 32.8 Å². The van der Waals surface area contributed by atoms with Gasteiger partial charge >= 0.3 is 5.97 Å². The third kappa shape index (κ3) is 3.47. The molecule has 18 heavy (non-hydrogen) atoms. The minimum atomic E-state index is -0.254. The van der Waals surface area contributed by atoms with Gasteiger partial charge in [0.05, 0.1) is 19.3 Å². The van der Waals surface area contributed by atoms with Crippen LogP contribution in [0.4, 0.5) is 0 Å². The average Bonchev–Trinajstić information content (AvgIpc) is 2.46. The Morgan fingerprint density at radius 3 is 2.56 bits per heavy atom. The molecule has 1 N–H and O–H groups in total. The second kappa shape index (κ2) is 6.40. The summed E-state index contributed by atoms with van der Waals surface area (Å²) in [6, 6.07) is 6.98. The van der Waals surface area contributed by atoms with Gasteiger partial charge in [-0.25, -0.2) is 4.79 Å². The highest BCUT2D eigenvalue weighted by molar-refractivity contribution is 5.89. The maximum absolute atomic E-state index is 11.8. The van der Waals surface area contributed by atoms with Gasteiger partial charge in [0.2, 0.25) is 0 Å². The first-order valence-corrected chi connectivity index (χ1v) is 6.31. The van der Waals surface area contributed by atoms with E-state index >= 15 is 0 Å². The van der Waals surface area contributed by atoms with Crippen molar-refractivity contribution in [3.05, 3.63) is 29.8 Å². The molecule has 1 heterocycles. The number of methoxy groups -OCH3 is 1. The highest BCUT2D eigenvalue weighted by atomic mass is 16.5. The van der Waals surface area contributed by atoms with Gasteiger partial charge in [0.1, 0.15) is 5.75 Å². The standard InChI is InChI=1S/C14H19NO3/c1-17-13-4-2-12(3-5-13)14(16)18-10-11-6-8-15-9-7-11/h2-5,11,15H,6-10H2,1H3. The van der Waals surface area contributed by atoms with E-state index in [-0.39, 0.29) is 5.97 Å². The van der Waals surface area contributed by atoms with Crippen LogP contribution in [0.2, 0.25) is 0 Å². The Labute approximate surface area is 107 Å². The Morgan fingerprint density at radius 1 is 1.28 bits per heavy atom. The van der Waals surface area contributed by atoms with Crippen molar-refractivity contribution < 1.29 is 14.3 Å². The van der Waals surface area contributed by atoms with Crippen molar-refractivity contribution >= 4 is 5.97 Å². The van der Waals surface area contributed by atoms with E-state index in [1.165, 1.54) is 0 Å². The molecule has 98 valence electrons. The van der Waals surface area contributed by atoms with E-state index in [1.807, 2.05) is 0 Å². The number of nitrogens with one attached hydrogen (secondary N) is 1. The minimum absolute atomic E-state index is 0.254. The number of benzene rings is 1. The van der Waals surface area contributed by atoms with Crippen LogP contribution in [0.5, 0.6) is 5.75 Å². The smallest absolute Gasteiger partial charge is 0.338 e. The fraction of sp³-hybridized carbons (Fsp3) is 0.500. The highest BCUT2D eigenvalue weighted by Gasteiger charge is 2.15. The van der Waals surface area contributed by atoms with E-state index in [4.69, 9.17) is 9.47 Å². The molecule has 0 aliphatic carbocycles. The molecule has 0 amide bonds. The van der Waals surface area contributed by atoms with Crippen molar-refractivity contribution in [2.45, 2.75) is 12.8 Å². The Morgan fingerprint density at radius 2 is 1.94 bits per heavy atom. The van der Waals surface area contributed by atoms with E-state index in [0.29, 0.717) is 18.1 Å². The van der Waals surface area contributed by atoms with Crippen molar-refractivity contribution in [1.29, 1.82) is 0 Å². The molecule has 1 saturated heterocycles. The first-order chi connectivity index (χ1) is 8.79. The summed E-state index contributed by atoms with van der Waals surface area (Å²) in [6.07, 6.45) is 2.16. The van der Waals surface area contributed by atoms with Gasteiger partial charge < -0.3 is 14.8 Å². The zero-order chi connectivity index (χ0) is 12.8. The van der Waals surface area contributed by atoms with Crippen molar-refractivity contribution in [2.75, 3.05) is 26.8 Å². The molecule has 1 aromatic rings. The normalized spacial score (nSPS) is 16.3. The van der Waals surface area contributed by atoms with E-state index in [9.17, 15) is 4.79 Å². The number of carbonyl (C=O) groups excluding carboxylic acids is 1. The average molecular weight is 249 g/mol. The predicted molar refractivity (Wildman–Crippen MR) is 68.9 cm³/mol. The molecule has 0 bridgehead atoms. The molecule has 0 radical (unpaired) electrons. The van der Waals surface area contributed by atoms with Gasteiger partial charge in [0.15, 0.2) is 0 Å². The number of hydrogen-bond donors (Lipinski definition) is 1. The molecule has 0 atom stereocenters. The molecule has 0 spiro atoms. The predicted octanol–water partition coefficient (Wildman–Crippen LogP) is 1.85. The van der Waals surface area contributed by atoms with Crippen LogP contribution in [0.15, 0.2) is 24.3 Å².